The first kappa shape index (κ1) is 9.86. The van der Waals surface area contributed by atoms with Crippen molar-refractivity contribution in [2.24, 2.45) is 5.11 Å². The van der Waals surface area contributed by atoms with E-state index in [4.69, 9.17) is 10.3 Å². The van der Waals surface area contributed by atoms with Crippen molar-refractivity contribution >= 4 is 6.09 Å². The van der Waals surface area contributed by atoms with E-state index in [1.165, 1.54) is 6.42 Å². The van der Waals surface area contributed by atoms with Gasteiger partial charge in [0.1, 0.15) is 5.60 Å². The Morgan fingerprint density at radius 2 is 2.08 bits per heavy atom. The summed E-state index contributed by atoms with van der Waals surface area (Å²) in [4.78, 5) is 13.3. The van der Waals surface area contributed by atoms with Crippen LogP contribution in [0.1, 0.15) is 39.0 Å². The van der Waals surface area contributed by atoms with Crippen LogP contribution in [0.2, 0.25) is 0 Å². The highest BCUT2D eigenvalue weighted by Gasteiger charge is 2.30. The first-order chi connectivity index (χ1) is 6.16. The third-order valence-electron chi connectivity index (χ3n) is 2.37. The quantitative estimate of drug-likeness (QED) is 0.355. The monoisotopic (exact) mass is 183 g/mol. The van der Waals surface area contributed by atoms with Crippen molar-refractivity contribution < 1.29 is 9.53 Å². The minimum absolute atomic E-state index is 0.413. The van der Waals surface area contributed by atoms with Crippen LogP contribution in [-0.4, -0.2) is 11.7 Å². The lowest BCUT2D eigenvalue weighted by Crippen LogP contribution is -2.32. The molecule has 1 fully saturated rings. The average Bonchev–Trinajstić information content (AvgIpc) is 2.04. The molecule has 5 heteroatoms. The van der Waals surface area contributed by atoms with Gasteiger partial charge in [-0.2, -0.15) is 0 Å². The zero-order valence-electron chi connectivity index (χ0n) is 7.69. The normalized spacial score (nSPS) is 20.1. The Balaban J connectivity index is 2.49. The summed E-state index contributed by atoms with van der Waals surface area (Å²) in [5, 5.41) is 2.88. The number of carbonyl (C=O) groups excluding carboxylic acids is 1. The molecular formula is C8H13N3O2. The van der Waals surface area contributed by atoms with Crippen LogP contribution in [-0.2, 0) is 4.74 Å². The van der Waals surface area contributed by atoms with Crippen molar-refractivity contribution in [1.82, 2.24) is 0 Å². The summed E-state index contributed by atoms with van der Waals surface area (Å²) in [6, 6.07) is 0. The summed E-state index contributed by atoms with van der Waals surface area (Å²) in [6.07, 6.45) is 4.24. The molecule has 0 radical (unpaired) electrons. The van der Waals surface area contributed by atoms with Gasteiger partial charge in [0, 0.05) is 10.0 Å². The maximum absolute atomic E-state index is 10.9. The molecule has 1 saturated carbocycles. The van der Waals surface area contributed by atoms with Gasteiger partial charge in [0.2, 0.25) is 0 Å². The number of azide groups is 1. The molecule has 1 amide bonds. The minimum Gasteiger partial charge on any atom is -0.455 e. The first-order valence-corrected chi connectivity index (χ1v) is 4.44. The molecule has 0 aromatic heterocycles. The molecule has 1 rings (SSSR count). The van der Waals surface area contributed by atoms with Gasteiger partial charge in [-0.1, -0.05) is 6.42 Å². The molecule has 0 aromatic rings. The summed E-state index contributed by atoms with van der Waals surface area (Å²) in [7, 11) is 0. The van der Waals surface area contributed by atoms with Crippen molar-refractivity contribution in [1.29, 1.82) is 0 Å². The number of ether oxygens (including phenoxy) is 1. The van der Waals surface area contributed by atoms with E-state index in [0.717, 1.165) is 25.7 Å². The molecule has 0 spiro atoms. The maximum atomic E-state index is 10.9. The van der Waals surface area contributed by atoms with Gasteiger partial charge in [0.15, 0.2) is 0 Å². The van der Waals surface area contributed by atoms with E-state index in [1.807, 2.05) is 6.92 Å². The van der Waals surface area contributed by atoms with E-state index in [9.17, 15) is 4.79 Å². The highest BCUT2D eigenvalue weighted by atomic mass is 16.6. The van der Waals surface area contributed by atoms with Crippen molar-refractivity contribution in [3.63, 3.8) is 0 Å². The lowest BCUT2D eigenvalue weighted by molar-refractivity contribution is 0.00308. The molecule has 0 bridgehead atoms. The second kappa shape index (κ2) is 4.14. The van der Waals surface area contributed by atoms with Crippen LogP contribution < -0.4 is 0 Å². The van der Waals surface area contributed by atoms with Crippen LogP contribution in [0.5, 0.6) is 0 Å². The fourth-order valence-electron chi connectivity index (χ4n) is 1.67. The van der Waals surface area contributed by atoms with Gasteiger partial charge >= 0.3 is 6.09 Å². The SMILES string of the molecule is CC1(OC(=O)N=[N+]=[N-])CCCCC1. The van der Waals surface area contributed by atoms with E-state index in [2.05, 4.69) is 10.0 Å². The van der Waals surface area contributed by atoms with Crippen molar-refractivity contribution in [2.45, 2.75) is 44.6 Å². The molecule has 0 aromatic carbocycles. The highest BCUT2D eigenvalue weighted by Crippen LogP contribution is 2.31. The Kier molecular flexibility index (Phi) is 3.14. The molecule has 0 aliphatic heterocycles. The number of amides is 1. The average molecular weight is 183 g/mol. The van der Waals surface area contributed by atoms with Crippen LogP contribution >= 0.6 is 0 Å². The summed E-state index contributed by atoms with van der Waals surface area (Å²) in [5.74, 6) is 0. The fraction of sp³-hybridized carbons (Fsp3) is 0.875. The predicted octanol–water partition coefficient (Wildman–Crippen LogP) is 3.16. The largest absolute Gasteiger partial charge is 0.455 e. The van der Waals surface area contributed by atoms with Gasteiger partial charge in [0.25, 0.3) is 0 Å². The van der Waals surface area contributed by atoms with Crippen LogP contribution in [0.15, 0.2) is 5.11 Å². The predicted molar refractivity (Wildman–Crippen MR) is 47.1 cm³/mol. The van der Waals surface area contributed by atoms with Crippen molar-refractivity contribution in [2.75, 3.05) is 0 Å². The molecule has 0 unspecified atom stereocenters. The van der Waals surface area contributed by atoms with Gasteiger partial charge in [-0.3, -0.25) is 0 Å². The lowest BCUT2D eigenvalue weighted by atomic mass is 9.86. The lowest BCUT2D eigenvalue weighted by Gasteiger charge is -2.32. The molecule has 0 saturated heterocycles. The second-order valence-corrected chi connectivity index (χ2v) is 3.57. The van der Waals surface area contributed by atoms with E-state index in [-0.39, 0.29) is 0 Å². The van der Waals surface area contributed by atoms with Gasteiger partial charge in [-0.15, -0.1) is 0 Å². The van der Waals surface area contributed by atoms with Crippen LogP contribution in [0.25, 0.3) is 10.4 Å². The van der Waals surface area contributed by atoms with E-state index >= 15 is 0 Å². The van der Waals surface area contributed by atoms with Crippen LogP contribution in [0, 0.1) is 0 Å². The topological polar surface area (TPSA) is 75.1 Å². The van der Waals surface area contributed by atoms with Gasteiger partial charge < -0.3 is 4.74 Å². The molecular weight excluding hydrogens is 170 g/mol. The fourth-order valence-corrected chi connectivity index (χ4v) is 1.67. The van der Waals surface area contributed by atoms with Gasteiger partial charge in [-0.05, 0) is 38.1 Å². The molecule has 13 heavy (non-hydrogen) atoms. The molecule has 0 atom stereocenters. The summed E-state index contributed by atoms with van der Waals surface area (Å²) in [6.45, 7) is 1.89. The highest BCUT2D eigenvalue weighted by molar-refractivity contribution is 5.68. The smallest absolute Gasteiger partial charge is 0.397 e. The Morgan fingerprint density at radius 3 is 2.62 bits per heavy atom. The van der Waals surface area contributed by atoms with Crippen LogP contribution in [0.3, 0.4) is 0 Å². The second-order valence-electron chi connectivity index (χ2n) is 3.57. The summed E-state index contributed by atoms with van der Waals surface area (Å²) < 4.78 is 5.06. The third-order valence-corrected chi connectivity index (χ3v) is 2.37. The van der Waals surface area contributed by atoms with Crippen molar-refractivity contribution in [3.8, 4) is 0 Å². The van der Waals surface area contributed by atoms with E-state index < -0.39 is 11.7 Å². The third kappa shape index (κ3) is 2.95. The van der Waals surface area contributed by atoms with Crippen LogP contribution in [0.4, 0.5) is 4.79 Å². The van der Waals surface area contributed by atoms with Gasteiger partial charge in [-0.25, -0.2) is 4.79 Å². The molecule has 0 N–H and O–H groups in total. The number of rotatable bonds is 1. The standard InChI is InChI=1S/C8H13N3O2/c1-8(5-3-2-4-6-8)13-7(12)10-11-9/h2-6H2,1H3. The first-order valence-electron chi connectivity index (χ1n) is 4.44. The van der Waals surface area contributed by atoms with Gasteiger partial charge in [0.05, 0.1) is 0 Å². The van der Waals surface area contributed by atoms with E-state index in [1.54, 1.807) is 0 Å². The molecule has 1 aliphatic carbocycles. The number of nitrogens with zero attached hydrogens (tertiary/aromatic N) is 3. The molecule has 0 heterocycles. The molecule has 5 nitrogen and oxygen atoms in total. The Hall–Kier alpha value is -1.22. The number of carbonyl (C=O) groups is 1. The summed E-state index contributed by atoms with van der Waals surface area (Å²) >= 11 is 0. The Labute approximate surface area is 76.7 Å². The zero-order chi connectivity index (χ0) is 9.73. The minimum atomic E-state index is -0.813. The van der Waals surface area contributed by atoms with Crippen molar-refractivity contribution in [3.05, 3.63) is 10.4 Å². The molecule has 1 aliphatic rings. The van der Waals surface area contributed by atoms with E-state index in [0.29, 0.717) is 0 Å². The maximum Gasteiger partial charge on any atom is 0.397 e. The Morgan fingerprint density at radius 1 is 1.46 bits per heavy atom. The number of hydrogen-bond acceptors (Lipinski definition) is 2. The molecule has 72 valence electrons. The Bertz CT molecular complexity index is 240. The number of hydrogen-bond donors (Lipinski definition) is 0. The zero-order valence-corrected chi connectivity index (χ0v) is 7.69. The summed E-state index contributed by atoms with van der Waals surface area (Å²) in [5.41, 5.74) is 7.59.